The highest BCUT2D eigenvalue weighted by molar-refractivity contribution is 9.11. The molecule has 0 radical (unpaired) electrons. The van der Waals surface area contributed by atoms with E-state index in [0.717, 1.165) is 20.3 Å². The van der Waals surface area contributed by atoms with Crippen molar-refractivity contribution in [1.29, 1.82) is 0 Å². The largest absolute Gasteiger partial charge is 0.320 e. The van der Waals surface area contributed by atoms with Gasteiger partial charge in [-0.05, 0) is 53.0 Å². The zero-order valence-electron chi connectivity index (χ0n) is 9.93. The Labute approximate surface area is 117 Å². The smallest absolute Gasteiger partial charge is 0.131 e. The summed E-state index contributed by atoms with van der Waals surface area (Å²) < 4.78 is 27.9. The second-order valence-electron chi connectivity index (χ2n) is 4.16. The average Bonchev–Trinajstić information content (AvgIpc) is 2.62. The van der Waals surface area contributed by atoms with Gasteiger partial charge < -0.3 is 5.73 Å². The van der Waals surface area contributed by atoms with Gasteiger partial charge in [-0.1, -0.05) is 0 Å². The van der Waals surface area contributed by atoms with E-state index < -0.39 is 17.7 Å². The molecule has 0 aliphatic rings. The van der Waals surface area contributed by atoms with Gasteiger partial charge in [0.25, 0.3) is 0 Å². The zero-order chi connectivity index (χ0) is 13.4. The summed E-state index contributed by atoms with van der Waals surface area (Å²) in [4.78, 5) is 1.02. The second-order valence-corrected chi connectivity index (χ2v) is 6.80. The van der Waals surface area contributed by atoms with Crippen molar-refractivity contribution in [3.8, 4) is 0 Å². The maximum Gasteiger partial charge on any atom is 0.131 e. The molecule has 2 N–H and O–H groups in total. The minimum atomic E-state index is -0.604. The third-order valence-electron chi connectivity index (χ3n) is 2.87. The molecule has 0 fully saturated rings. The lowest BCUT2D eigenvalue weighted by molar-refractivity contribution is 0.561. The molecule has 0 aliphatic carbocycles. The van der Waals surface area contributed by atoms with Crippen molar-refractivity contribution in [3.05, 3.63) is 55.2 Å². The van der Waals surface area contributed by atoms with Crippen LogP contribution in [0.4, 0.5) is 8.78 Å². The molecule has 1 nitrogen and oxygen atoms in total. The quantitative estimate of drug-likeness (QED) is 0.864. The van der Waals surface area contributed by atoms with E-state index in [1.165, 1.54) is 6.07 Å². The van der Waals surface area contributed by atoms with Gasteiger partial charge in [-0.2, -0.15) is 0 Å². The Balaban J connectivity index is 2.49. The highest BCUT2D eigenvalue weighted by Gasteiger charge is 2.19. The number of rotatable bonds is 2. The summed E-state index contributed by atoms with van der Waals surface area (Å²) >= 11 is 4.92. The SMILES string of the molecule is Cc1cc(C(N)c2cc(Br)sc2C)c(F)cc1F. The molecule has 2 aromatic rings. The lowest BCUT2D eigenvalue weighted by Crippen LogP contribution is -2.14. The maximum atomic E-state index is 13.8. The molecule has 0 bridgehead atoms. The second kappa shape index (κ2) is 5.07. The highest BCUT2D eigenvalue weighted by Crippen LogP contribution is 2.33. The van der Waals surface area contributed by atoms with Crippen LogP contribution in [0.1, 0.15) is 27.6 Å². The van der Waals surface area contributed by atoms with Gasteiger partial charge in [-0.3, -0.25) is 0 Å². The van der Waals surface area contributed by atoms with E-state index >= 15 is 0 Å². The average molecular weight is 332 g/mol. The van der Waals surface area contributed by atoms with Crippen molar-refractivity contribution in [3.63, 3.8) is 0 Å². The van der Waals surface area contributed by atoms with E-state index in [2.05, 4.69) is 15.9 Å². The van der Waals surface area contributed by atoms with Crippen LogP contribution < -0.4 is 5.73 Å². The van der Waals surface area contributed by atoms with Gasteiger partial charge in [0.15, 0.2) is 0 Å². The van der Waals surface area contributed by atoms with Crippen LogP contribution in [0.3, 0.4) is 0 Å². The summed E-state index contributed by atoms with van der Waals surface area (Å²) in [6, 6.07) is 3.66. The number of aryl methyl sites for hydroxylation is 2. The fraction of sp³-hybridized carbons (Fsp3) is 0.231. The Morgan fingerprint density at radius 1 is 1.11 bits per heavy atom. The van der Waals surface area contributed by atoms with Gasteiger partial charge in [0, 0.05) is 16.5 Å². The number of hydrogen-bond acceptors (Lipinski definition) is 2. The molecule has 2 rings (SSSR count). The van der Waals surface area contributed by atoms with Crippen molar-refractivity contribution < 1.29 is 8.78 Å². The van der Waals surface area contributed by atoms with E-state index in [1.54, 1.807) is 18.3 Å². The molecule has 0 saturated carbocycles. The normalized spacial score (nSPS) is 12.8. The first-order valence-corrected chi connectivity index (χ1v) is 6.98. The van der Waals surface area contributed by atoms with Gasteiger partial charge in [0.05, 0.1) is 9.83 Å². The predicted molar refractivity (Wildman–Crippen MR) is 73.9 cm³/mol. The lowest BCUT2D eigenvalue weighted by Gasteiger charge is -2.14. The summed E-state index contributed by atoms with van der Waals surface area (Å²) in [5.74, 6) is -1.15. The van der Waals surface area contributed by atoms with Gasteiger partial charge in [-0.25, -0.2) is 8.78 Å². The minimum absolute atomic E-state index is 0.322. The van der Waals surface area contributed by atoms with E-state index in [1.807, 2.05) is 13.0 Å². The monoisotopic (exact) mass is 331 g/mol. The molecular formula is C13H12BrF2NS. The first kappa shape index (κ1) is 13.6. The molecule has 1 unspecified atom stereocenters. The number of thiophene rings is 1. The number of halogens is 3. The molecule has 0 aliphatic heterocycles. The van der Waals surface area contributed by atoms with E-state index in [0.29, 0.717) is 11.1 Å². The van der Waals surface area contributed by atoms with Crippen molar-refractivity contribution in [2.24, 2.45) is 5.73 Å². The van der Waals surface area contributed by atoms with Gasteiger partial charge in [0.1, 0.15) is 11.6 Å². The van der Waals surface area contributed by atoms with Crippen LogP contribution in [-0.4, -0.2) is 0 Å². The van der Waals surface area contributed by atoms with Crippen LogP contribution in [0.2, 0.25) is 0 Å². The summed E-state index contributed by atoms with van der Waals surface area (Å²) in [5, 5.41) is 0. The standard InChI is InChI=1S/C13H12BrF2NS/c1-6-3-9(11(16)5-10(6)15)13(17)8-4-12(14)18-7(8)2/h3-5,13H,17H2,1-2H3. The van der Waals surface area contributed by atoms with Crippen LogP contribution in [-0.2, 0) is 0 Å². The first-order chi connectivity index (χ1) is 8.40. The van der Waals surface area contributed by atoms with Crippen molar-refractivity contribution >= 4 is 27.3 Å². The summed E-state index contributed by atoms with van der Waals surface area (Å²) in [6.45, 7) is 3.53. The van der Waals surface area contributed by atoms with Crippen molar-refractivity contribution in [2.45, 2.75) is 19.9 Å². The highest BCUT2D eigenvalue weighted by atomic mass is 79.9. The molecule has 0 amide bonds. The molecule has 1 aromatic heterocycles. The summed E-state index contributed by atoms with van der Waals surface area (Å²) in [5.41, 5.74) is 7.65. The molecule has 0 saturated heterocycles. The first-order valence-electron chi connectivity index (χ1n) is 5.37. The van der Waals surface area contributed by atoms with Crippen LogP contribution in [0.25, 0.3) is 0 Å². The molecular weight excluding hydrogens is 320 g/mol. The number of benzene rings is 1. The van der Waals surface area contributed by atoms with Crippen LogP contribution in [0, 0.1) is 25.5 Å². The van der Waals surface area contributed by atoms with Gasteiger partial charge in [0.2, 0.25) is 0 Å². The Morgan fingerprint density at radius 2 is 1.78 bits per heavy atom. The Bertz CT molecular complexity index is 595. The maximum absolute atomic E-state index is 13.8. The fourth-order valence-electron chi connectivity index (χ4n) is 1.85. The third-order valence-corrected chi connectivity index (χ3v) is 4.44. The molecule has 5 heteroatoms. The van der Waals surface area contributed by atoms with Crippen LogP contribution >= 0.6 is 27.3 Å². The van der Waals surface area contributed by atoms with E-state index in [-0.39, 0.29) is 0 Å². The molecule has 1 aromatic carbocycles. The Hall–Kier alpha value is -0.780. The predicted octanol–water partition coefficient (Wildman–Crippen LogP) is 4.45. The third kappa shape index (κ3) is 2.48. The summed E-state index contributed by atoms with van der Waals surface area (Å²) in [7, 11) is 0. The Kier molecular flexibility index (Phi) is 3.84. The molecule has 96 valence electrons. The molecule has 1 atom stereocenters. The van der Waals surface area contributed by atoms with Crippen molar-refractivity contribution in [2.75, 3.05) is 0 Å². The topological polar surface area (TPSA) is 26.0 Å². The number of nitrogens with two attached hydrogens (primary N) is 1. The zero-order valence-corrected chi connectivity index (χ0v) is 12.3. The van der Waals surface area contributed by atoms with Gasteiger partial charge >= 0.3 is 0 Å². The van der Waals surface area contributed by atoms with Crippen LogP contribution in [0.15, 0.2) is 22.0 Å². The summed E-state index contributed by atoms with van der Waals surface area (Å²) in [6.07, 6.45) is 0. The minimum Gasteiger partial charge on any atom is -0.320 e. The van der Waals surface area contributed by atoms with E-state index in [4.69, 9.17) is 5.73 Å². The molecule has 18 heavy (non-hydrogen) atoms. The lowest BCUT2D eigenvalue weighted by atomic mass is 9.98. The molecule has 1 heterocycles. The van der Waals surface area contributed by atoms with Crippen LogP contribution in [0.5, 0.6) is 0 Å². The Morgan fingerprint density at radius 3 is 2.33 bits per heavy atom. The number of hydrogen-bond donors (Lipinski definition) is 1. The fourth-order valence-corrected chi connectivity index (χ4v) is 3.61. The van der Waals surface area contributed by atoms with E-state index in [9.17, 15) is 8.78 Å². The molecule has 0 spiro atoms. The van der Waals surface area contributed by atoms with Gasteiger partial charge in [-0.15, -0.1) is 11.3 Å². The van der Waals surface area contributed by atoms with Crippen molar-refractivity contribution in [1.82, 2.24) is 0 Å².